The van der Waals surface area contributed by atoms with Crippen molar-refractivity contribution < 1.29 is 9.53 Å². The third-order valence-corrected chi connectivity index (χ3v) is 4.55. The topological polar surface area (TPSA) is 113 Å². The van der Waals surface area contributed by atoms with E-state index < -0.39 is 6.03 Å². The molecule has 0 aliphatic heterocycles. The molecule has 1 rings (SSSR count). The Balaban J connectivity index is 2.91. The van der Waals surface area contributed by atoms with Crippen molar-refractivity contribution >= 4 is 18.5 Å². The van der Waals surface area contributed by atoms with Crippen molar-refractivity contribution in [3.8, 4) is 0 Å². The molecule has 31 heavy (non-hydrogen) atoms. The summed E-state index contributed by atoms with van der Waals surface area (Å²) >= 11 is 0. The van der Waals surface area contributed by atoms with Crippen LogP contribution in [-0.4, -0.2) is 54.2 Å². The molecule has 0 unspecified atom stereocenters. The summed E-state index contributed by atoms with van der Waals surface area (Å²) in [4.78, 5) is 16.5. The summed E-state index contributed by atoms with van der Waals surface area (Å²) in [6.07, 6.45) is 14.5. The Labute approximate surface area is 185 Å². The Hall–Kier alpha value is -3.17. The monoisotopic (exact) mass is 429 g/mol. The van der Waals surface area contributed by atoms with Crippen LogP contribution in [0.5, 0.6) is 0 Å². The zero-order valence-corrected chi connectivity index (χ0v) is 19.4. The number of rotatable bonds is 9. The highest BCUT2D eigenvalue weighted by Crippen LogP contribution is 2.18. The van der Waals surface area contributed by atoms with Crippen LogP contribution in [0.15, 0.2) is 68.9 Å². The van der Waals surface area contributed by atoms with Gasteiger partial charge in [-0.3, -0.25) is 15.0 Å². The van der Waals surface area contributed by atoms with Crippen LogP contribution in [-0.2, 0) is 4.74 Å². The second-order valence-electron chi connectivity index (χ2n) is 6.76. The molecule has 0 saturated heterocycles. The van der Waals surface area contributed by atoms with Crippen molar-refractivity contribution in [3.63, 3.8) is 0 Å². The van der Waals surface area contributed by atoms with E-state index in [1.54, 1.807) is 13.1 Å². The maximum Gasteiger partial charge on any atom is 0.352 e. The number of carbonyl (C=O) groups excluding carboxylic acids is 1. The maximum absolute atomic E-state index is 12.1. The van der Waals surface area contributed by atoms with Gasteiger partial charge in [-0.2, -0.15) is 5.10 Å². The first-order chi connectivity index (χ1) is 14.7. The zero-order chi connectivity index (χ0) is 23.4. The summed E-state index contributed by atoms with van der Waals surface area (Å²) < 4.78 is 5.95. The Morgan fingerprint density at radius 1 is 1.23 bits per heavy atom. The van der Waals surface area contributed by atoms with Crippen molar-refractivity contribution in [2.24, 2.45) is 21.8 Å². The van der Waals surface area contributed by atoms with Crippen molar-refractivity contribution in [1.82, 2.24) is 15.0 Å². The van der Waals surface area contributed by atoms with Gasteiger partial charge in [0.1, 0.15) is 12.4 Å². The van der Waals surface area contributed by atoms with E-state index in [1.165, 1.54) is 7.05 Å². The molecule has 1 aliphatic rings. The number of urea groups is 1. The molecule has 9 heteroatoms. The molecule has 4 N–H and O–H groups in total. The van der Waals surface area contributed by atoms with Crippen LogP contribution >= 0.6 is 0 Å². The highest BCUT2D eigenvalue weighted by molar-refractivity contribution is 5.82. The summed E-state index contributed by atoms with van der Waals surface area (Å²) in [5.74, 6) is 12.2. The van der Waals surface area contributed by atoms with Gasteiger partial charge < -0.3 is 4.74 Å². The summed E-state index contributed by atoms with van der Waals surface area (Å²) in [6.45, 7) is 7.81. The van der Waals surface area contributed by atoms with Crippen molar-refractivity contribution in [3.05, 3.63) is 58.8 Å². The molecule has 0 heterocycles. The molecular weight excluding hydrogens is 394 g/mol. The minimum Gasteiger partial charge on any atom is -0.488 e. The highest BCUT2D eigenvalue weighted by Gasteiger charge is 2.19. The number of hydrazone groups is 1. The summed E-state index contributed by atoms with van der Waals surface area (Å²) in [7, 11) is 3.34. The number of nitrogens with zero attached hydrogens (tertiary/aromatic N) is 5. The third kappa shape index (κ3) is 8.23. The molecular formula is C22H35N7O2. The average Bonchev–Trinajstić information content (AvgIpc) is 2.99. The van der Waals surface area contributed by atoms with Crippen LogP contribution in [0.3, 0.4) is 0 Å². The molecule has 0 aromatic carbocycles. The quantitative estimate of drug-likeness (QED) is 0.252. The van der Waals surface area contributed by atoms with Crippen molar-refractivity contribution in [2.75, 3.05) is 20.7 Å². The van der Waals surface area contributed by atoms with Crippen LogP contribution in [0.1, 0.15) is 40.5 Å². The van der Waals surface area contributed by atoms with Gasteiger partial charge in [0.15, 0.2) is 0 Å². The lowest BCUT2D eigenvalue weighted by molar-refractivity contribution is 0.174. The standard InChI is InChI=1S/C22H35N7O2/c1-7-17(4)28(6)26-15-18-11-10-12-19(14-13-18)31-16-20(25-9-3)21(8-2)29(24)22(30)27(5)23/h7,9,11-15H,8,10,16,23-24H2,1-6H3/b17-7+,21-20+,25-9?,26-15+. The molecule has 0 atom stereocenters. The predicted molar refractivity (Wildman–Crippen MR) is 126 cm³/mol. The lowest BCUT2D eigenvalue weighted by Crippen LogP contribution is -2.48. The van der Waals surface area contributed by atoms with Gasteiger partial charge in [0.05, 0.1) is 17.6 Å². The first-order valence-corrected chi connectivity index (χ1v) is 10.1. The number of hydrazine groups is 2. The van der Waals surface area contributed by atoms with Crippen LogP contribution in [0, 0.1) is 0 Å². The van der Waals surface area contributed by atoms with Gasteiger partial charge in [0.25, 0.3) is 0 Å². The summed E-state index contributed by atoms with van der Waals surface area (Å²) in [5.41, 5.74) is 3.13. The first kappa shape index (κ1) is 25.9. The van der Waals surface area contributed by atoms with E-state index in [4.69, 9.17) is 16.4 Å². The van der Waals surface area contributed by atoms with Crippen LogP contribution in [0.25, 0.3) is 0 Å². The first-order valence-electron chi connectivity index (χ1n) is 10.1. The number of ether oxygens (including phenoxy) is 1. The molecule has 2 amide bonds. The van der Waals surface area contributed by atoms with Crippen molar-refractivity contribution in [2.45, 2.75) is 40.5 Å². The van der Waals surface area contributed by atoms with Crippen molar-refractivity contribution in [1.29, 1.82) is 0 Å². The third-order valence-electron chi connectivity index (χ3n) is 4.55. The van der Waals surface area contributed by atoms with Crippen LogP contribution in [0.2, 0.25) is 0 Å². The van der Waals surface area contributed by atoms with Gasteiger partial charge in [0, 0.05) is 26.0 Å². The Morgan fingerprint density at radius 2 is 1.94 bits per heavy atom. The number of aliphatic imine (C=N–C) groups is 1. The summed E-state index contributed by atoms with van der Waals surface area (Å²) in [5, 5.41) is 8.17. The Bertz CT molecular complexity index is 833. The maximum atomic E-state index is 12.1. The lowest BCUT2D eigenvalue weighted by atomic mass is 10.2. The number of allylic oxidation sites excluding steroid dienone is 8. The second kappa shape index (κ2) is 13.2. The van der Waals surface area contributed by atoms with Gasteiger partial charge in [-0.25, -0.2) is 21.5 Å². The fourth-order valence-corrected chi connectivity index (χ4v) is 2.56. The smallest absolute Gasteiger partial charge is 0.352 e. The molecule has 9 nitrogen and oxygen atoms in total. The average molecular weight is 430 g/mol. The molecule has 0 spiro atoms. The van der Waals surface area contributed by atoms with E-state index in [0.29, 0.717) is 30.0 Å². The van der Waals surface area contributed by atoms with Crippen LogP contribution in [0.4, 0.5) is 4.79 Å². The fourth-order valence-electron chi connectivity index (χ4n) is 2.56. The molecule has 0 saturated carbocycles. The molecule has 170 valence electrons. The molecule has 1 aliphatic carbocycles. The van der Waals surface area contributed by atoms with E-state index >= 15 is 0 Å². The number of nitrogens with two attached hydrogens (primary N) is 2. The van der Waals surface area contributed by atoms with E-state index in [1.807, 2.05) is 63.3 Å². The normalized spacial score (nSPS) is 15.4. The molecule has 0 bridgehead atoms. The molecule has 0 radical (unpaired) electrons. The number of hydrogen-bond acceptors (Lipinski definition) is 7. The van der Waals surface area contributed by atoms with Gasteiger partial charge >= 0.3 is 6.03 Å². The van der Waals surface area contributed by atoms with Gasteiger partial charge in [-0.15, -0.1) is 0 Å². The number of amides is 2. The minimum absolute atomic E-state index is 0.158. The molecule has 0 aromatic heterocycles. The van der Waals surface area contributed by atoms with E-state index in [9.17, 15) is 4.79 Å². The number of carbonyl (C=O) groups is 1. The minimum atomic E-state index is -0.541. The molecule has 0 fully saturated rings. The summed E-state index contributed by atoms with van der Waals surface area (Å²) in [6, 6.07) is -0.541. The predicted octanol–water partition coefficient (Wildman–Crippen LogP) is 3.43. The Kier molecular flexibility index (Phi) is 11.0. The number of hydrogen-bond donors (Lipinski definition) is 2. The SMILES string of the molecule is CC=N/C(COC1=CCC=C(/C=N/N(C)/C(C)=C/C)C=C1)=C(\CC)N(N)C(=O)N(C)N. The fraction of sp³-hybridized carbons (Fsp3) is 0.409. The molecule has 0 aromatic rings. The highest BCUT2D eigenvalue weighted by atomic mass is 16.5. The van der Waals surface area contributed by atoms with E-state index in [2.05, 4.69) is 16.2 Å². The largest absolute Gasteiger partial charge is 0.488 e. The Morgan fingerprint density at radius 3 is 2.52 bits per heavy atom. The zero-order valence-electron chi connectivity index (χ0n) is 19.4. The van der Waals surface area contributed by atoms with E-state index in [0.717, 1.165) is 21.3 Å². The van der Waals surface area contributed by atoms with Gasteiger partial charge in [-0.05, 0) is 51.3 Å². The van der Waals surface area contributed by atoms with Gasteiger partial charge in [-0.1, -0.05) is 25.2 Å². The second-order valence-corrected chi connectivity index (χ2v) is 6.76. The van der Waals surface area contributed by atoms with Gasteiger partial charge in [0.2, 0.25) is 0 Å². The van der Waals surface area contributed by atoms with Crippen LogP contribution < -0.4 is 11.7 Å². The lowest BCUT2D eigenvalue weighted by Gasteiger charge is -2.24. The van der Waals surface area contributed by atoms with E-state index in [-0.39, 0.29) is 6.61 Å².